The molecule has 0 aliphatic rings. The van der Waals surface area contributed by atoms with Crippen molar-refractivity contribution in [2.24, 2.45) is 0 Å². The fourth-order valence-electron chi connectivity index (χ4n) is 2.74. The maximum atomic E-state index is 12.8. The van der Waals surface area contributed by atoms with Gasteiger partial charge in [-0.15, -0.1) is 0 Å². The topological polar surface area (TPSA) is 98.8 Å². The van der Waals surface area contributed by atoms with Crippen LogP contribution < -0.4 is 15.8 Å². The first-order valence-corrected chi connectivity index (χ1v) is 9.00. The minimum Gasteiger partial charge on any atom is -0.457 e. The zero-order valence-electron chi connectivity index (χ0n) is 15.8. The van der Waals surface area contributed by atoms with E-state index in [1.54, 1.807) is 48.8 Å². The molecule has 156 valence electrons. The molecule has 0 bridgehead atoms. The van der Waals surface area contributed by atoms with Gasteiger partial charge < -0.3 is 15.8 Å². The van der Waals surface area contributed by atoms with E-state index in [9.17, 15) is 13.2 Å². The van der Waals surface area contributed by atoms with E-state index in [0.29, 0.717) is 22.9 Å². The number of hydrogen-bond donors (Lipinski definition) is 2. The monoisotopic (exact) mass is 424 g/mol. The molecule has 31 heavy (non-hydrogen) atoms. The second kappa shape index (κ2) is 8.27. The van der Waals surface area contributed by atoms with Crippen LogP contribution >= 0.6 is 0 Å². The summed E-state index contributed by atoms with van der Waals surface area (Å²) in [6.07, 6.45) is -0.200. The van der Waals surface area contributed by atoms with Gasteiger partial charge in [0.25, 0.3) is 0 Å². The molecule has 7 nitrogen and oxygen atoms in total. The Balaban J connectivity index is 1.55. The molecule has 0 fully saturated rings. The smallest absolute Gasteiger partial charge is 0.433 e. The standard InChI is InChI=1S/C21H15F3N6O/c22-21(23,24)18-10-16(6-8-27-18)31-15-5-1-4-14(9-15)28-19-11-17(29-20(25)30-19)13-3-2-7-26-12-13/h1-12H,(H3,25,28,29,30). The predicted octanol–water partition coefficient (Wildman–Crippen LogP) is 5.07. The predicted molar refractivity (Wildman–Crippen MR) is 109 cm³/mol. The molecule has 0 atom stereocenters. The van der Waals surface area contributed by atoms with Crippen LogP contribution in [-0.2, 0) is 6.18 Å². The summed E-state index contributed by atoms with van der Waals surface area (Å²) in [7, 11) is 0. The summed E-state index contributed by atoms with van der Waals surface area (Å²) in [5.74, 6) is 0.864. The second-order valence-electron chi connectivity index (χ2n) is 6.37. The van der Waals surface area contributed by atoms with Gasteiger partial charge in [-0.3, -0.25) is 9.97 Å². The molecular weight excluding hydrogens is 409 g/mol. The summed E-state index contributed by atoms with van der Waals surface area (Å²) in [6, 6.07) is 14.2. The Hall–Kier alpha value is -4.21. The highest BCUT2D eigenvalue weighted by atomic mass is 19.4. The number of nitrogens with one attached hydrogen (secondary N) is 1. The second-order valence-corrected chi connectivity index (χ2v) is 6.37. The van der Waals surface area contributed by atoms with Gasteiger partial charge in [-0.25, -0.2) is 4.98 Å². The minimum atomic E-state index is -4.55. The Labute approximate surface area is 174 Å². The average molecular weight is 424 g/mol. The van der Waals surface area contributed by atoms with E-state index in [4.69, 9.17) is 10.5 Å². The molecule has 4 aromatic rings. The number of anilines is 3. The van der Waals surface area contributed by atoms with Crippen LogP contribution in [0.4, 0.5) is 30.6 Å². The molecule has 0 amide bonds. The van der Waals surface area contributed by atoms with Crippen LogP contribution in [0.5, 0.6) is 11.5 Å². The van der Waals surface area contributed by atoms with Crippen molar-refractivity contribution in [2.45, 2.75) is 6.18 Å². The van der Waals surface area contributed by atoms with Crippen LogP contribution in [0.25, 0.3) is 11.3 Å². The van der Waals surface area contributed by atoms with Crippen molar-refractivity contribution < 1.29 is 17.9 Å². The maximum Gasteiger partial charge on any atom is 0.433 e. The molecule has 0 spiro atoms. The van der Waals surface area contributed by atoms with Gasteiger partial charge in [0, 0.05) is 48.0 Å². The first kappa shape index (κ1) is 20.1. The van der Waals surface area contributed by atoms with Crippen LogP contribution in [0.3, 0.4) is 0 Å². The molecule has 3 heterocycles. The third-order valence-electron chi connectivity index (χ3n) is 4.06. The highest BCUT2D eigenvalue weighted by molar-refractivity contribution is 5.67. The molecule has 0 aliphatic carbocycles. The first-order valence-electron chi connectivity index (χ1n) is 9.00. The molecule has 4 rings (SSSR count). The van der Waals surface area contributed by atoms with Gasteiger partial charge in [0.15, 0.2) is 0 Å². The number of nitrogens with two attached hydrogens (primary N) is 1. The summed E-state index contributed by atoms with van der Waals surface area (Å²) >= 11 is 0. The van der Waals surface area contributed by atoms with E-state index in [1.165, 1.54) is 6.07 Å². The lowest BCUT2D eigenvalue weighted by atomic mass is 10.2. The molecule has 0 aliphatic heterocycles. The lowest BCUT2D eigenvalue weighted by Gasteiger charge is -2.11. The SMILES string of the molecule is Nc1nc(Nc2cccc(Oc3ccnc(C(F)(F)F)c3)c2)cc(-c2cccnc2)n1. The Morgan fingerprint density at radius 3 is 2.52 bits per heavy atom. The van der Waals surface area contributed by atoms with E-state index in [-0.39, 0.29) is 11.7 Å². The van der Waals surface area contributed by atoms with E-state index in [1.807, 2.05) is 6.07 Å². The van der Waals surface area contributed by atoms with E-state index >= 15 is 0 Å². The Kier molecular flexibility index (Phi) is 5.35. The van der Waals surface area contributed by atoms with Gasteiger partial charge in [-0.05, 0) is 30.3 Å². The summed E-state index contributed by atoms with van der Waals surface area (Å²) < 4.78 is 44.1. The van der Waals surface area contributed by atoms with Crippen molar-refractivity contribution in [3.8, 4) is 22.8 Å². The van der Waals surface area contributed by atoms with Crippen LogP contribution in [-0.4, -0.2) is 19.9 Å². The average Bonchev–Trinajstić information content (AvgIpc) is 2.74. The van der Waals surface area contributed by atoms with Crippen molar-refractivity contribution in [2.75, 3.05) is 11.1 Å². The van der Waals surface area contributed by atoms with Crippen molar-refractivity contribution in [3.05, 3.63) is 78.9 Å². The van der Waals surface area contributed by atoms with Crippen molar-refractivity contribution >= 4 is 17.5 Å². The van der Waals surface area contributed by atoms with Crippen molar-refractivity contribution in [1.82, 2.24) is 19.9 Å². The number of nitrogens with zero attached hydrogens (tertiary/aromatic N) is 4. The Morgan fingerprint density at radius 1 is 0.903 bits per heavy atom. The zero-order valence-corrected chi connectivity index (χ0v) is 15.8. The molecule has 10 heteroatoms. The van der Waals surface area contributed by atoms with Gasteiger partial charge >= 0.3 is 6.18 Å². The molecule has 0 unspecified atom stereocenters. The van der Waals surface area contributed by atoms with Gasteiger partial charge in [-0.1, -0.05) is 6.07 Å². The van der Waals surface area contributed by atoms with Gasteiger partial charge in [0.1, 0.15) is 23.0 Å². The summed E-state index contributed by atoms with van der Waals surface area (Å²) in [5.41, 5.74) is 6.76. The lowest BCUT2D eigenvalue weighted by Crippen LogP contribution is -2.07. The fraction of sp³-hybridized carbons (Fsp3) is 0.0476. The van der Waals surface area contributed by atoms with E-state index in [0.717, 1.165) is 17.8 Å². The summed E-state index contributed by atoms with van der Waals surface area (Å²) in [5, 5.41) is 3.09. The van der Waals surface area contributed by atoms with Crippen LogP contribution in [0.2, 0.25) is 0 Å². The molecule has 1 aromatic carbocycles. The molecule has 3 aromatic heterocycles. The maximum absolute atomic E-state index is 12.8. The molecule has 3 N–H and O–H groups in total. The minimum absolute atomic E-state index is 0.0182. The molecular formula is C21H15F3N6O. The van der Waals surface area contributed by atoms with Crippen LogP contribution in [0.1, 0.15) is 5.69 Å². The van der Waals surface area contributed by atoms with Crippen molar-refractivity contribution in [3.63, 3.8) is 0 Å². The number of ether oxygens (including phenoxy) is 1. The molecule has 0 saturated carbocycles. The number of alkyl halides is 3. The zero-order chi connectivity index (χ0) is 21.8. The highest BCUT2D eigenvalue weighted by Gasteiger charge is 2.32. The highest BCUT2D eigenvalue weighted by Crippen LogP contribution is 2.32. The lowest BCUT2D eigenvalue weighted by molar-refractivity contribution is -0.141. The number of aromatic nitrogens is 4. The largest absolute Gasteiger partial charge is 0.457 e. The summed E-state index contributed by atoms with van der Waals surface area (Å²) in [6.45, 7) is 0. The quantitative estimate of drug-likeness (QED) is 0.461. The van der Waals surface area contributed by atoms with Crippen molar-refractivity contribution in [1.29, 1.82) is 0 Å². The van der Waals surface area contributed by atoms with Gasteiger partial charge in [0.05, 0.1) is 5.69 Å². The number of halogens is 3. The number of benzene rings is 1. The molecule has 0 radical (unpaired) electrons. The number of nitrogen functional groups attached to an aromatic ring is 1. The normalized spacial score (nSPS) is 11.2. The Bertz CT molecular complexity index is 1200. The Morgan fingerprint density at radius 2 is 1.74 bits per heavy atom. The number of rotatable bonds is 5. The van der Waals surface area contributed by atoms with E-state index in [2.05, 4.69) is 25.3 Å². The third-order valence-corrected chi connectivity index (χ3v) is 4.06. The van der Waals surface area contributed by atoms with Crippen LogP contribution in [0, 0.1) is 0 Å². The number of pyridine rings is 2. The van der Waals surface area contributed by atoms with Gasteiger partial charge in [-0.2, -0.15) is 18.2 Å². The first-order chi connectivity index (χ1) is 14.9. The summed E-state index contributed by atoms with van der Waals surface area (Å²) in [4.78, 5) is 15.8. The third kappa shape index (κ3) is 5.04. The van der Waals surface area contributed by atoms with E-state index < -0.39 is 11.9 Å². The molecule has 0 saturated heterocycles. The van der Waals surface area contributed by atoms with Crippen LogP contribution in [0.15, 0.2) is 73.2 Å². The van der Waals surface area contributed by atoms with Gasteiger partial charge in [0.2, 0.25) is 5.95 Å². The number of hydrogen-bond acceptors (Lipinski definition) is 7. The fourth-order valence-corrected chi connectivity index (χ4v) is 2.74.